The molecule has 0 N–H and O–H groups in total. The van der Waals surface area contributed by atoms with Crippen molar-refractivity contribution < 1.29 is 28.5 Å². The van der Waals surface area contributed by atoms with Gasteiger partial charge in [-0.2, -0.15) is 0 Å². The highest BCUT2D eigenvalue weighted by molar-refractivity contribution is 8.01. The number of hydrogen-bond donors (Lipinski definition) is 0. The van der Waals surface area contributed by atoms with Crippen LogP contribution in [0.15, 0.2) is 65.6 Å². The number of anilines is 1. The molecule has 0 radical (unpaired) electrons. The van der Waals surface area contributed by atoms with E-state index in [1.165, 1.54) is 0 Å². The van der Waals surface area contributed by atoms with Crippen LogP contribution in [0, 0.1) is 0 Å². The highest BCUT2D eigenvalue weighted by Crippen LogP contribution is 2.52. The Balaban J connectivity index is 1.13. The van der Waals surface area contributed by atoms with E-state index in [0.29, 0.717) is 24.7 Å². The summed E-state index contributed by atoms with van der Waals surface area (Å²) in [7, 11) is 5.55. The number of ether oxygens (including phenoxy) is 5. The number of carbonyl (C=O) groups is 1. The molecule has 0 unspecified atom stereocenters. The van der Waals surface area contributed by atoms with Crippen LogP contribution in [0.5, 0.6) is 28.7 Å². The molecular formula is C31H36N2O6S. The third kappa shape index (κ3) is 5.95. The van der Waals surface area contributed by atoms with Crippen LogP contribution in [0.25, 0.3) is 0 Å². The predicted molar refractivity (Wildman–Crippen MR) is 156 cm³/mol. The SMILES string of the molecule is COc1ccc(OCCCCN(C)CCOc2ccc3c(c2)OCO3)c([C@]2(C)Sc3ccccc3N(C)C2=O)c1. The van der Waals surface area contributed by atoms with Gasteiger partial charge in [-0.05, 0) is 75.8 Å². The first kappa shape index (κ1) is 28.0. The molecule has 8 nitrogen and oxygen atoms in total. The van der Waals surface area contributed by atoms with Crippen molar-refractivity contribution in [3.63, 3.8) is 0 Å². The lowest BCUT2D eigenvalue weighted by atomic mass is 9.96. The van der Waals surface area contributed by atoms with Gasteiger partial charge in [0.15, 0.2) is 11.5 Å². The molecule has 1 amide bonds. The van der Waals surface area contributed by atoms with Gasteiger partial charge in [0.2, 0.25) is 12.7 Å². The number of nitrogens with zero attached hydrogens (tertiary/aromatic N) is 2. The smallest absolute Gasteiger partial charge is 0.247 e. The first-order valence-corrected chi connectivity index (χ1v) is 14.3. The fraction of sp³-hybridized carbons (Fsp3) is 0.387. The fourth-order valence-corrected chi connectivity index (χ4v) is 6.27. The molecule has 9 heteroatoms. The van der Waals surface area contributed by atoms with Crippen molar-refractivity contribution >= 4 is 23.4 Å². The maximum atomic E-state index is 13.6. The number of thioether (sulfide) groups is 1. The minimum Gasteiger partial charge on any atom is -0.497 e. The normalized spacial score (nSPS) is 17.6. The lowest BCUT2D eigenvalue weighted by Crippen LogP contribution is -2.44. The van der Waals surface area contributed by atoms with Gasteiger partial charge in [0, 0.05) is 30.1 Å². The monoisotopic (exact) mass is 564 g/mol. The third-order valence-corrected chi connectivity index (χ3v) is 8.60. The molecule has 0 saturated carbocycles. The topological polar surface area (TPSA) is 69.7 Å². The number of rotatable bonds is 12. The number of fused-ring (bicyclic) bond motifs is 2. The number of benzene rings is 3. The summed E-state index contributed by atoms with van der Waals surface area (Å²) in [5.74, 6) is 3.68. The molecule has 212 valence electrons. The Morgan fingerprint density at radius 1 is 0.950 bits per heavy atom. The van der Waals surface area contributed by atoms with Crippen LogP contribution < -0.4 is 28.6 Å². The molecule has 0 bridgehead atoms. The van der Waals surface area contributed by atoms with E-state index in [-0.39, 0.29) is 12.7 Å². The van der Waals surface area contributed by atoms with Crippen LogP contribution in [0.3, 0.4) is 0 Å². The highest BCUT2D eigenvalue weighted by Gasteiger charge is 2.45. The molecule has 3 aromatic rings. The van der Waals surface area contributed by atoms with Gasteiger partial charge in [0.25, 0.3) is 0 Å². The Labute approximate surface area is 240 Å². The van der Waals surface area contributed by atoms with Crippen LogP contribution in [-0.2, 0) is 9.54 Å². The molecule has 2 aliphatic rings. The van der Waals surface area contributed by atoms with Crippen molar-refractivity contribution in [1.29, 1.82) is 0 Å². The van der Waals surface area contributed by atoms with E-state index in [4.69, 9.17) is 23.7 Å². The molecule has 40 heavy (non-hydrogen) atoms. The molecule has 0 spiro atoms. The van der Waals surface area contributed by atoms with Gasteiger partial charge >= 0.3 is 0 Å². The lowest BCUT2D eigenvalue weighted by Gasteiger charge is -2.39. The Hall–Kier alpha value is -3.56. The summed E-state index contributed by atoms with van der Waals surface area (Å²) in [6.45, 7) is 5.11. The van der Waals surface area contributed by atoms with E-state index in [1.807, 2.05) is 68.6 Å². The van der Waals surface area contributed by atoms with Crippen LogP contribution in [0.1, 0.15) is 25.3 Å². The summed E-state index contributed by atoms with van der Waals surface area (Å²) in [6, 6.07) is 19.3. The zero-order valence-electron chi connectivity index (χ0n) is 23.5. The second-order valence-electron chi connectivity index (χ2n) is 10.1. The number of unbranched alkanes of at least 4 members (excludes halogenated alkanes) is 1. The van der Waals surface area contributed by atoms with Crippen molar-refractivity contribution in [2.24, 2.45) is 0 Å². The van der Waals surface area contributed by atoms with Gasteiger partial charge in [0.05, 0.1) is 19.4 Å². The first-order valence-electron chi connectivity index (χ1n) is 13.5. The van der Waals surface area contributed by atoms with E-state index in [2.05, 4.69) is 18.0 Å². The van der Waals surface area contributed by atoms with Crippen molar-refractivity contribution in [1.82, 2.24) is 4.90 Å². The summed E-state index contributed by atoms with van der Waals surface area (Å²) in [4.78, 5) is 18.7. The maximum absolute atomic E-state index is 13.6. The Morgan fingerprint density at radius 2 is 1.75 bits per heavy atom. The molecule has 0 saturated heterocycles. The largest absolute Gasteiger partial charge is 0.497 e. The molecule has 0 aliphatic carbocycles. The van der Waals surface area contributed by atoms with E-state index in [1.54, 1.807) is 23.8 Å². The Morgan fingerprint density at radius 3 is 2.60 bits per heavy atom. The third-order valence-electron chi connectivity index (χ3n) is 7.23. The molecule has 0 aromatic heterocycles. The average Bonchev–Trinajstić information content (AvgIpc) is 3.44. The van der Waals surface area contributed by atoms with Crippen LogP contribution in [-0.4, -0.2) is 65.1 Å². The summed E-state index contributed by atoms with van der Waals surface area (Å²) in [5, 5.41) is 0. The average molecular weight is 565 g/mol. The predicted octanol–water partition coefficient (Wildman–Crippen LogP) is 5.58. The zero-order valence-corrected chi connectivity index (χ0v) is 24.3. The quantitative estimate of drug-likeness (QED) is 0.264. The van der Waals surface area contributed by atoms with E-state index >= 15 is 0 Å². The number of amides is 1. The van der Waals surface area contributed by atoms with Gasteiger partial charge in [-0.15, -0.1) is 11.8 Å². The number of hydrogen-bond acceptors (Lipinski definition) is 8. The number of likely N-dealkylation sites (N-methyl/N-ethyl adjacent to an activating group) is 2. The maximum Gasteiger partial charge on any atom is 0.247 e. The van der Waals surface area contributed by atoms with E-state index < -0.39 is 4.75 Å². The highest BCUT2D eigenvalue weighted by atomic mass is 32.2. The van der Waals surface area contributed by atoms with Gasteiger partial charge in [-0.3, -0.25) is 4.79 Å². The summed E-state index contributed by atoms with van der Waals surface area (Å²) >= 11 is 1.56. The second-order valence-corrected chi connectivity index (χ2v) is 11.5. The van der Waals surface area contributed by atoms with Crippen LogP contribution in [0.2, 0.25) is 0 Å². The van der Waals surface area contributed by atoms with Crippen molar-refractivity contribution in [3.8, 4) is 28.7 Å². The molecule has 5 rings (SSSR count). The number of carbonyl (C=O) groups excluding carboxylic acids is 1. The minimum atomic E-state index is -0.842. The number of para-hydroxylation sites is 1. The second kappa shape index (κ2) is 12.3. The Kier molecular flexibility index (Phi) is 8.61. The summed E-state index contributed by atoms with van der Waals surface area (Å²) in [5.41, 5.74) is 1.74. The lowest BCUT2D eigenvalue weighted by molar-refractivity contribution is -0.120. The van der Waals surface area contributed by atoms with Crippen LogP contribution >= 0.6 is 11.8 Å². The van der Waals surface area contributed by atoms with Crippen molar-refractivity contribution in [3.05, 3.63) is 66.2 Å². The molecule has 2 heterocycles. The van der Waals surface area contributed by atoms with Crippen molar-refractivity contribution in [2.75, 3.05) is 59.2 Å². The molecule has 0 fully saturated rings. The molecule has 3 aromatic carbocycles. The van der Waals surface area contributed by atoms with Gasteiger partial charge in [0.1, 0.15) is 28.6 Å². The molecule has 1 atom stereocenters. The van der Waals surface area contributed by atoms with Gasteiger partial charge in [-0.1, -0.05) is 12.1 Å². The molecule has 2 aliphatic heterocycles. The first-order chi connectivity index (χ1) is 19.4. The fourth-order valence-electron chi connectivity index (χ4n) is 4.88. The van der Waals surface area contributed by atoms with Gasteiger partial charge < -0.3 is 33.5 Å². The molecular weight excluding hydrogens is 528 g/mol. The standard InChI is InChI=1S/C31H36N2O6S/c1-31(30(34)33(3)25-9-5-6-10-29(25)40-31)24-19-22(35-4)11-13-26(24)37-17-8-7-15-32(2)16-18-36-23-12-14-27-28(20-23)39-21-38-27/h5-6,9-14,19-20H,7-8,15-18,21H2,1-4H3/t31-/m0/s1. The Bertz CT molecular complexity index is 1350. The zero-order chi connectivity index (χ0) is 28.1. The van der Waals surface area contributed by atoms with Gasteiger partial charge in [-0.25, -0.2) is 0 Å². The van der Waals surface area contributed by atoms with E-state index in [9.17, 15) is 4.79 Å². The summed E-state index contributed by atoms with van der Waals surface area (Å²) < 4.78 is 27.6. The van der Waals surface area contributed by atoms with Crippen LogP contribution in [0.4, 0.5) is 5.69 Å². The number of methoxy groups -OCH3 is 1. The minimum absolute atomic E-state index is 0.0129. The summed E-state index contributed by atoms with van der Waals surface area (Å²) in [6.07, 6.45) is 1.87. The van der Waals surface area contributed by atoms with E-state index in [0.717, 1.165) is 59.3 Å². The van der Waals surface area contributed by atoms with Crippen molar-refractivity contribution in [2.45, 2.75) is 29.4 Å².